The summed E-state index contributed by atoms with van der Waals surface area (Å²) in [5.41, 5.74) is 0. The van der Waals surface area contributed by atoms with Crippen molar-refractivity contribution >= 4 is 0 Å². The maximum absolute atomic E-state index is 9.52. The third-order valence-electron chi connectivity index (χ3n) is 3.25. The van der Waals surface area contributed by atoms with Gasteiger partial charge in [0.05, 0.1) is 6.10 Å². The molecule has 0 aliphatic heterocycles. The van der Waals surface area contributed by atoms with Crippen molar-refractivity contribution in [2.45, 2.75) is 25.4 Å². The Bertz CT molecular complexity index is 133. The van der Waals surface area contributed by atoms with Crippen LogP contribution >= 0.6 is 0 Å². The predicted octanol–water partition coefficient (Wildman–Crippen LogP) is 0.386. The summed E-state index contributed by atoms with van der Waals surface area (Å²) in [6.45, 7) is 0.183. The zero-order chi connectivity index (χ0) is 7.14. The number of fused-ring (bicyclic) bond motifs is 2. The molecule has 2 saturated carbocycles. The van der Waals surface area contributed by atoms with E-state index in [1.165, 1.54) is 12.8 Å². The van der Waals surface area contributed by atoms with Crippen LogP contribution < -0.4 is 0 Å². The molecule has 0 unspecified atom stereocenters. The maximum Gasteiger partial charge on any atom is 0.0621 e. The van der Waals surface area contributed by atoms with Crippen LogP contribution in [0.2, 0.25) is 0 Å². The minimum Gasteiger partial charge on any atom is -0.396 e. The molecule has 0 amide bonds. The molecule has 4 atom stereocenters. The van der Waals surface area contributed by atoms with E-state index < -0.39 is 0 Å². The summed E-state index contributed by atoms with van der Waals surface area (Å²) in [6, 6.07) is 0. The van der Waals surface area contributed by atoms with Crippen LogP contribution in [0.1, 0.15) is 19.3 Å². The highest BCUT2D eigenvalue weighted by molar-refractivity contribution is 4.96. The van der Waals surface area contributed by atoms with E-state index in [2.05, 4.69) is 0 Å². The fourth-order valence-corrected chi connectivity index (χ4v) is 2.64. The van der Waals surface area contributed by atoms with Gasteiger partial charge in [0, 0.05) is 12.5 Å². The van der Waals surface area contributed by atoms with Crippen LogP contribution in [0.5, 0.6) is 0 Å². The predicted molar refractivity (Wildman–Crippen MR) is 37.4 cm³/mol. The van der Waals surface area contributed by atoms with E-state index in [9.17, 15) is 5.11 Å². The van der Waals surface area contributed by atoms with Crippen molar-refractivity contribution in [2.75, 3.05) is 6.61 Å². The minimum atomic E-state index is -0.191. The highest BCUT2D eigenvalue weighted by atomic mass is 16.3. The molecule has 0 spiro atoms. The molecule has 2 fully saturated rings. The Morgan fingerprint density at radius 2 is 1.90 bits per heavy atom. The van der Waals surface area contributed by atoms with Gasteiger partial charge in [-0.05, 0) is 31.1 Å². The molecule has 2 nitrogen and oxygen atoms in total. The number of aliphatic hydroxyl groups is 2. The molecule has 0 aromatic rings. The fraction of sp³-hybridized carbons (Fsp3) is 1.00. The SMILES string of the molecule is OC[C@@H]1[C@@H]2CC[C@@H](C2)[C@H]1O. The molecule has 0 heterocycles. The first-order valence-corrected chi connectivity index (χ1v) is 4.12. The molecule has 2 bridgehead atoms. The summed E-state index contributed by atoms with van der Waals surface area (Å²) >= 11 is 0. The first-order chi connectivity index (χ1) is 4.83. The second-order valence-electron chi connectivity index (χ2n) is 3.67. The van der Waals surface area contributed by atoms with E-state index in [1.54, 1.807) is 0 Å². The third-order valence-corrected chi connectivity index (χ3v) is 3.25. The monoisotopic (exact) mass is 142 g/mol. The molecule has 0 aromatic heterocycles. The topological polar surface area (TPSA) is 40.5 Å². The van der Waals surface area contributed by atoms with Crippen molar-refractivity contribution in [2.24, 2.45) is 17.8 Å². The van der Waals surface area contributed by atoms with Gasteiger partial charge in [-0.2, -0.15) is 0 Å². The van der Waals surface area contributed by atoms with Gasteiger partial charge in [0.1, 0.15) is 0 Å². The highest BCUT2D eigenvalue weighted by Gasteiger charge is 2.46. The molecule has 2 N–H and O–H groups in total. The van der Waals surface area contributed by atoms with Gasteiger partial charge < -0.3 is 10.2 Å². The number of hydrogen-bond donors (Lipinski definition) is 2. The van der Waals surface area contributed by atoms with Gasteiger partial charge >= 0.3 is 0 Å². The standard InChI is InChI=1S/C8H14O2/c9-4-7-5-1-2-6(3-5)8(7)10/h5-10H,1-4H2/t5-,6+,7-,8-/m1/s1. The number of hydrogen-bond acceptors (Lipinski definition) is 2. The Kier molecular flexibility index (Phi) is 1.46. The lowest BCUT2D eigenvalue weighted by Gasteiger charge is -2.24. The van der Waals surface area contributed by atoms with Gasteiger partial charge in [0.2, 0.25) is 0 Å². The molecule has 2 rings (SSSR count). The maximum atomic E-state index is 9.52. The molecule has 0 radical (unpaired) electrons. The Labute approximate surface area is 60.9 Å². The van der Waals surface area contributed by atoms with Crippen LogP contribution in [-0.4, -0.2) is 22.9 Å². The molecule has 0 aromatic carbocycles. The fourth-order valence-electron chi connectivity index (χ4n) is 2.64. The van der Waals surface area contributed by atoms with Crippen molar-refractivity contribution in [1.82, 2.24) is 0 Å². The number of rotatable bonds is 1. The zero-order valence-corrected chi connectivity index (χ0v) is 6.03. The van der Waals surface area contributed by atoms with E-state index in [0.29, 0.717) is 11.8 Å². The van der Waals surface area contributed by atoms with Crippen LogP contribution in [0.15, 0.2) is 0 Å². The van der Waals surface area contributed by atoms with Crippen molar-refractivity contribution in [1.29, 1.82) is 0 Å². The highest BCUT2D eigenvalue weighted by Crippen LogP contribution is 2.48. The smallest absolute Gasteiger partial charge is 0.0621 e. The van der Waals surface area contributed by atoms with Crippen LogP contribution in [0.3, 0.4) is 0 Å². The Hall–Kier alpha value is -0.0800. The summed E-state index contributed by atoms with van der Waals surface area (Å²) < 4.78 is 0. The van der Waals surface area contributed by atoms with Crippen molar-refractivity contribution in [3.63, 3.8) is 0 Å². The van der Waals surface area contributed by atoms with Gasteiger partial charge in [-0.15, -0.1) is 0 Å². The lowest BCUT2D eigenvalue weighted by atomic mass is 9.87. The van der Waals surface area contributed by atoms with E-state index in [1.807, 2.05) is 0 Å². The lowest BCUT2D eigenvalue weighted by Crippen LogP contribution is -2.29. The molecule has 10 heavy (non-hydrogen) atoms. The second kappa shape index (κ2) is 2.21. The molecular formula is C8H14O2. The molecule has 2 aliphatic carbocycles. The Morgan fingerprint density at radius 3 is 2.30 bits per heavy atom. The Balaban J connectivity index is 2.10. The van der Waals surface area contributed by atoms with Gasteiger partial charge in [-0.25, -0.2) is 0 Å². The minimum absolute atomic E-state index is 0.183. The summed E-state index contributed by atoms with van der Waals surface area (Å²) in [6.07, 6.45) is 3.38. The Morgan fingerprint density at radius 1 is 1.20 bits per heavy atom. The molecule has 0 saturated heterocycles. The van der Waals surface area contributed by atoms with Crippen molar-refractivity contribution in [3.8, 4) is 0 Å². The van der Waals surface area contributed by atoms with E-state index >= 15 is 0 Å². The second-order valence-corrected chi connectivity index (χ2v) is 3.67. The van der Waals surface area contributed by atoms with Gasteiger partial charge in [0.25, 0.3) is 0 Å². The zero-order valence-electron chi connectivity index (χ0n) is 6.03. The van der Waals surface area contributed by atoms with Crippen molar-refractivity contribution < 1.29 is 10.2 Å². The lowest BCUT2D eigenvalue weighted by molar-refractivity contribution is 0.0276. The quantitative estimate of drug-likeness (QED) is 0.556. The normalized spacial score (nSPS) is 52.2. The third kappa shape index (κ3) is 0.722. The van der Waals surface area contributed by atoms with Crippen LogP contribution in [0, 0.1) is 17.8 Å². The first-order valence-electron chi connectivity index (χ1n) is 4.12. The molecule has 58 valence electrons. The average molecular weight is 142 g/mol. The number of aliphatic hydroxyl groups excluding tert-OH is 2. The molecular weight excluding hydrogens is 128 g/mol. The van der Waals surface area contributed by atoms with Crippen molar-refractivity contribution in [3.05, 3.63) is 0 Å². The average Bonchev–Trinajstić information content (AvgIpc) is 2.46. The van der Waals surface area contributed by atoms with Gasteiger partial charge in [0.15, 0.2) is 0 Å². The largest absolute Gasteiger partial charge is 0.396 e. The van der Waals surface area contributed by atoms with Crippen LogP contribution in [0.4, 0.5) is 0 Å². The van der Waals surface area contributed by atoms with Gasteiger partial charge in [-0.1, -0.05) is 0 Å². The van der Waals surface area contributed by atoms with E-state index in [-0.39, 0.29) is 18.6 Å². The summed E-state index contributed by atoms with van der Waals surface area (Å²) in [7, 11) is 0. The summed E-state index contributed by atoms with van der Waals surface area (Å²) in [5, 5.41) is 18.4. The van der Waals surface area contributed by atoms with E-state index in [4.69, 9.17) is 5.11 Å². The summed E-state index contributed by atoms with van der Waals surface area (Å²) in [5.74, 6) is 1.35. The molecule has 2 heteroatoms. The van der Waals surface area contributed by atoms with Crippen LogP contribution in [-0.2, 0) is 0 Å². The first kappa shape index (κ1) is 6.62. The summed E-state index contributed by atoms with van der Waals surface area (Å²) in [4.78, 5) is 0. The van der Waals surface area contributed by atoms with Gasteiger partial charge in [-0.3, -0.25) is 0 Å². The van der Waals surface area contributed by atoms with E-state index in [0.717, 1.165) is 6.42 Å². The van der Waals surface area contributed by atoms with Crippen LogP contribution in [0.25, 0.3) is 0 Å². The molecule has 2 aliphatic rings.